The van der Waals surface area contributed by atoms with E-state index in [0.717, 1.165) is 0 Å². The standard InChI is InChI=1S/C29H28Cl2N2O6S/c1-6-37-23-13-19(8-10-22(23)39-17(5)34)26-25(28(36)38-14-15(2)3)16(4)32-29-33(26)27(35)24(40-29)12-18-7-9-20(30)21(31)11-18/h7-13,15,26H,6,14H2,1-5H3/b24-12-/t26-/m1/s1. The molecule has 0 aliphatic carbocycles. The average Bonchev–Trinajstić information content (AvgIpc) is 3.19. The molecule has 1 atom stereocenters. The summed E-state index contributed by atoms with van der Waals surface area (Å²) in [7, 11) is 0. The zero-order valence-electron chi connectivity index (χ0n) is 22.6. The lowest BCUT2D eigenvalue weighted by atomic mass is 9.95. The number of nitrogens with zero attached hydrogens (tertiary/aromatic N) is 2. The van der Waals surface area contributed by atoms with Crippen LogP contribution in [-0.2, 0) is 14.3 Å². The highest BCUT2D eigenvalue weighted by molar-refractivity contribution is 7.07. The van der Waals surface area contributed by atoms with E-state index in [0.29, 0.717) is 48.6 Å². The summed E-state index contributed by atoms with van der Waals surface area (Å²) in [5.41, 5.74) is 1.57. The second-order valence-corrected chi connectivity index (χ2v) is 11.3. The Morgan fingerprint density at radius 2 is 1.88 bits per heavy atom. The number of halogens is 2. The summed E-state index contributed by atoms with van der Waals surface area (Å²) in [4.78, 5) is 44.0. The second-order valence-electron chi connectivity index (χ2n) is 9.48. The molecule has 210 valence electrons. The highest BCUT2D eigenvalue weighted by atomic mass is 35.5. The van der Waals surface area contributed by atoms with Gasteiger partial charge < -0.3 is 14.2 Å². The van der Waals surface area contributed by atoms with Crippen molar-refractivity contribution in [2.45, 2.75) is 40.7 Å². The van der Waals surface area contributed by atoms with E-state index in [2.05, 4.69) is 4.99 Å². The lowest BCUT2D eigenvalue weighted by Crippen LogP contribution is -2.40. The van der Waals surface area contributed by atoms with Crippen LogP contribution >= 0.6 is 34.5 Å². The minimum Gasteiger partial charge on any atom is -0.490 e. The number of carbonyl (C=O) groups is 2. The van der Waals surface area contributed by atoms with Gasteiger partial charge in [0.1, 0.15) is 0 Å². The number of benzene rings is 2. The highest BCUT2D eigenvalue weighted by Gasteiger charge is 2.34. The van der Waals surface area contributed by atoms with E-state index in [9.17, 15) is 14.4 Å². The van der Waals surface area contributed by atoms with Crippen molar-refractivity contribution in [1.82, 2.24) is 4.57 Å². The third-order valence-electron chi connectivity index (χ3n) is 5.87. The zero-order valence-corrected chi connectivity index (χ0v) is 24.9. The van der Waals surface area contributed by atoms with Crippen LogP contribution < -0.4 is 24.4 Å². The lowest BCUT2D eigenvalue weighted by Gasteiger charge is -2.25. The van der Waals surface area contributed by atoms with Crippen LogP contribution in [0.4, 0.5) is 0 Å². The summed E-state index contributed by atoms with van der Waals surface area (Å²) in [5.74, 6) is -0.422. The Kier molecular flexibility index (Phi) is 9.18. The van der Waals surface area contributed by atoms with E-state index in [1.807, 2.05) is 13.8 Å². The molecule has 1 aliphatic heterocycles. The molecule has 0 saturated carbocycles. The Morgan fingerprint density at radius 3 is 2.52 bits per heavy atom. The van der Waals surface area contributed by atoms with Gasteiger partial charge in [0.05, 0.1) is 45.1 Å². The van der Waals surface area contributed by atoms with Gasteiger partial charge in [0.15, 0.2) is 16.3 Å². The molecule has 8 nitrogen and oxygen atoms in total. The molecule has 0 bridgehead atoms. The van der Waals surface area contributed by atoms with E-state index < -0.39 is 18.0 Å². The monoisotopic (exact) mass is 602 g/mol. The zero-order chi connectivity index (χ0) is 29.1. The molecule has 3 aromatic rings. The first-order valence-electron chi connectivity index (χ1n) is 12.6. The van der Waals surface area contributed by atoms with E-state index >= 15 is 0 Å². The van der Waals surface area contributed by atoms with E-state index in [1.54, 1.807) is 56.3 Å². The van der Waals surface area contributed by atoms with Crippen molar-refractivity contribution in [1.29, 1.82) is 0 Å². The Labute approximate surface area is 245 Å². The second kappa shape index (κ2) is 12.4. The molecule has 0 radical (unpaired) electrons. The number of allylic oxidation sites excluding steroid dienone is 1. The summed E-state index contributed by atoms with van der Waals surface area (Å²) >= 11 is 13.4. The summed E-state index contributed by atoms with van der Waals surface area (Å²) in [6.45, 7) is 9.20. The number of ether oxygens (including phenoxy) is 3. The maximum atomic E-state index is 13.9. The fraction of sp³-hybridized carbons (Fsp3) is 0.310. The molecule has 0 spiro atoms. The summed E-state index contributed by atoms with van der Waals surface area (Å²) in [6.07, 6.45) is 1.70. The third kappa shape index (κ3) is 6.32. The number of hydrogen-bond acceptors (Lipinski definition) is 8. The van der Waals surface area contributed by atoms with Crippen LogP contribution in [0.15, 0.2) is 57.5 Å². The molecule has 2 heterocycles. The molecule has 40 heavy (non-hydrogen) atoms. The molecule has 0 fully saturated rings. The van der Waals surface area contributed by atoms with Crippen LogP contribution in [0.5, 0.6) is 11.5 Å². The van der Waals surface area contributed by atoms with Crippen LogP contribution in [0.1, 0.15) is 51.8 Å². The van der Waals surface area contributed by atoms with E-state index in [-0.39, 0.29) is 29.4 Å². The molecule has 0 amide bonds. The van der Waals surface area contributed by atoms with Crippen molar-refractivity contribution in [2.24, 2.45) is 10.9 Å². The Hall–Kier alpha value is -3.40. The van der Waals surface area contributed by atoms with Crippen molar-refractivity contribution in [2.75, 3.05) is 13.2 Å². The molecule has 2 aromatic carbocycles. The van der Waals surface area contributed by atoms with Crippen LogP contribution in [-0.4, -0.2) is 29.7 Å². The number of fused-ring (bicyclic) bond motifs is 1. The number of thiazole rings is 1. The first-order valence-corrected chi connectivity index (χ1v) is 14.2. The van der Waals surface area contributed by atoms with Crippen molar-refractivity contribution >= 4 is 52.6 Å². The van der Waals surface area contributed by atoms with Gasteiger partial charge >= 0.3 is 11.9 Å². The maximum Gasteiger partial charge on any atom is 0.338 e. The topological polar surface area (TPSA) is 96.2 Å². The predicted octanol–water partition coefficient (Wildman–Crippen LogP) is 5.07. The van der Waals surface area contributed by atoms with E-state index in [4.69, 9.17) is 37.4 Å². The average molecular weight is 604 g/mol. The van der Waals surface area contributed by atoms with Crippen molar-refractivity contribution in [3.8, 4) is 11.5 Å². The quantitative estimate of drug-likeness (QED) is 0.264. The van der Waals surface area contributed by atoms with Crippen LogP contribution in [0.2, 0.25) is 10.0 Å². The van der Waals surface area contributed by atoms with Crippen molar-refractivity contribution in [3.63, 3.8) is 0 Å². The third-order valence-corrected chi connectivity index (χ3v) is 7.59. The van der Waals surface area contributed by atoms with Gasteiger partial charge in [0.2, 0.25) is 0 Å². The number of esters is 2. The smallest absolute Gasteiger partial charge is 0.338 e. The number of carbonyl (C=O) groups excluding carboxylic acids is 2. The summed E-state index contributed by atoms with van der Waals surface area (Å²) in [6, 6.07) is 9.15. The predicted molar refractivity (Wildman–Crippen MR) is 155 cm³/mol. The van der Waals surface area contributed by atoms with Gasteiger partial charge in [-0.3, -0.25) is 14.2 Å². The van der Waals surface area contributed by atoms with Crippen molar-refractivity contribution in [3.05, 3.63) is 88.5 Å². The molecule has 0 saturated heterocycles. The summed E-state index contributed by atoms with van der Waals surface area (Å²) < 4.78 is 18.5. The van der Waals surface area contributed by atoms with E-state index in [1.165, 1.54) is 22.8 Å². The largest absolute Gasteiger partial charge is 0.490 e. The first kappa shape index (κ1) is 29.6. The minimum absolute atomic E-state index is 0.114. The molecule has 4 rings (SSSR count). The van der Waals surface area contributed by atoms with Gasteiger partial charge in [0.25, 0.3) is 5.56 Å². The lowest BCUT2D eigenvalue weighted by molar-refractivity contribution is -0.140. The molecule has 1 aliphatic rings. The van der Waals surface area contributed by atoms with Crippen molar-refractivity contribution < 1.29 is 23.8 Å². The Balaban J connectivity index is 1.93. The van der Waals surface area contributed by atoms with Gasteiger partial charge in [-0.1, -0.05) is 60.5 Å². The first-order chi connectivity index (χ1) is 19.0. The summed E-state index contributed by atoms with van der Waals surface area (Å²) in [5, 5.41) is 0.770. The van der Waals surface area contributed by atoms with Gasteiger partial charge in [-0.15, -0.1) is 0 Å². The fourth-order valence-electron chi connectivity index (χ4n) is 4.17. The molecule has 0 N–H and O–H groups in total. The molecule has 0 unspecified atom stereocenters. The van der Waals surface area contributed by atoms with Crippen LogP contribution in [0.3, 0.4) is 0 Å². The number of aromatic nitrogens is 1. The Morgan fingerprint density at radius 1 is 1.12 bits per heavy atom. The highest BCUT2D eigenvalue weighted by Crippen LogP contribution is 2.36. The van der Waals surface area contributed by atoms with Gasteiger partial charge in [-0.05, 0) is 61.2 Å². The molecular weight excluding hydrogens is 575 g/mol. The van der Waals surface area contributed by atoms with Gasteiger partial charge in [-0.25, -0.2) is 9.79 Å². The fourth-order valence-corrected chi connectivity index (χ4v) is 5.53. The molecular formula is C29H28Cl2N2O6S. The van der Waals surface area contributed by atoms with Gasteiger partial charge in [0, 0.05) is 6.92 Å². The minimum atomic E-state index is -0.863. The molecule has 11 heteroatoms. The van der Waals surface area contributed by atoms with Crippen LogP contribution in [0, 0.1) is 5.92 Å². The molecule has 1 aromatic heterocycles. The number of hydrogen-bond donors (Lipinski definition) is 0. The normalized spacial score (nSPS) is 15.1. The number of rotatable bonds is 8. The SMILES string of the molecule is CCOc1cc([C@@H]2C(C(=O)OCC(C)C)=C(C)N=c3s/c(=C\c4ccc(Cl)c(Cl)c4)c(=O)n32)ccc1OC(C)=O. The maximum absolute atomic E-state index is 13.9. The Bertz CT molecular complexity index is 1690. The van der Waals surface area contributed by atoms with Crippen LogP contribution in [0.25, 0.3) is 6.08 Å². The van der Waals surface area contributed by atoms with Gasteiger partial charge in [-0.2, -0.15) is 0 Å².